The maximum atomic E-state index is 10.1. The van der Waals surface area contributed by atoms with E-state index >= 15 is 0 Å². The van der Waals surface area contributed by atoms with E-state index in [-0.39, 0.29) is 17.1 Å². The van der Waals surface area contributed by atoms with Gasteiger partial charge in [0.1, 0.15) is 0 Å². The van der Waals surface area contributed by atoms with E-state index in [2.05, 4.69) is 13.8 Å². The Hall–Kier alpha value is -1.06. The zero-order valence-electron chi connectivity index (χ0n) is 27.0. The number of carboxylic acid groups (broad SMARTS) is 2. The molecule has 0 rings (SSSR count). The van der Waals surface area contributed by atoms with Gasteiger partial charge < -0.3 is 19.8 Å². The molecule has 0 fully saturated rings. The Bertz CT molecular complexity index is 524. The molecule has 0 unspecified atom stereocenters. The van der Waals surface area contributed by atoms with Crippen molar-refractivity contribution in [1.29, 1.82) is 0 Å². The fraction of sp³-hybridized carbons (Fsp3) is 0.833. The van der Waals surface area contributed by atoms with E-state index in [0.717, 1.165) is 37.8 Å². The Kier molecular flexibility index (Phi) is 44.5. The number of aliphatic carboxylic acids is 2. The number of rotatable bonds is 30. The minimum atomic E-state index is -1.08. The third kappa shape index (κ3) is 49.0. The molecule has 0 aliphatic heterocycles. The summed E-state index contributed by atoms with van der Waals surface area (Å²) < 4.78 is 0. The molecule has 0 aliphatic rings. The van der Waals surface area contributed by atoms with Gasteiger partial charge in [-0.25, -0.2) is 0 Å². The van der Waals surface area contributed by atoms with Gasteiger partial charge in [0, 0.05) is 0 Å². The van der Waals surface area contributed by atoms with Crippen LogP contribution in [-0.4, -0.2) is 11.9 Å². The van der Waals surface area contributed by atoms with Crippen molar-refractivity contribution in [2.45, 2.75) is 194 Å². The van der Waals surface area contributed by atoms with Crippen LogP contribution in [0.5, 0.6) is 0 Å². The molecule has 0 saturated carbocycles. The Labute approximate surface area is 266 Å². The molecule has 4 nitrogen and oxygen atoms in total. The van der Waals surface area contributed by atoms with Crippen LogP contribution >= 0.6 is 0 Å². The predicted molar refractivity (Wildman–Crippen MR) is 169 cm³/mol. The topological polar surface area (TPSA) is 80.3 Å². The first kappa shape index (κ1) is 44.4. The van der Waals surface area contributed by atoms with Crippen LogP contribution in [0, 0.1) is 0 Å². The van der Waals surface area contributed by atoms with Gasteiger partial charge in [-0.05, 0) is 37.8 Å². The summed E-state index contributed by atoms with van der Waals surface area (Å²) in [5.74, 6) is -2.17. The van der Waals surface area contributed by atoms with Crippen molar-refractivity contribution in [3.63, 3.8) is 0 Å². The van der Waals surface area contributed by atoms with Gasteiger partial charge in [0.2, 0.25) is 0 Å². The van der Waals surface area contributed by atoms with Gasteiger partial charge >= 0.3 is 17.1 Å². The number of hydrogen-bond acceptors (Lipinski definition) is 4. The quantitative estimate of drug-likeness (QED) is 0.0452. The molecule has 0 N–H and O–H groups in total. The van der Waals surface area contributed by atoms with Crippen molar-refractivity contribution >= 4 is 11.9 Å². The average molecular weight is 626 g/mol. The summed E-state index contributed by atoms with van der Waals surface area (Å²) in [6.07, 6.45) is 42.4. The molecule has 0 saturated heterocycles. The van der Waals surface area contributed by atoms with Crippen LogP contribution in [-0.2, 0) is 26.7 Å². The standard InChI is InChI=1S/2C18H34O2.Cu/c2*1-2-3-4-5-6-7-8-9-10-11-12-13-14-15-16-17-18(19)20;/h2*16-17H,2-15H2,1H3,(H,19,20);/q;;+2/p-2. The fourth-order valence-electron chi connectivity index (χ4n) is 4.92. The first-order valence-electron chi connectivity index (χ1n) is 17.3. The number of carbonyl (C=O) groups excluding carboxylic acids is 2. The van der Waals surface area contributed by atoms with Gasteiger partial charge in [-0.15, -0.1) is 0 Å². The Morgan fingerprint density at radius 3 is 0.780 bits per heavy atom. The summed E-state index contributed by atoms with van der Waals surface area (Å²) in [5, 5.41) is 20.3. The fourth-order valence-corrected chi connectivity index (χ4v) is 4.92. The molecule has 0 amide bonds. The van der Waals surface area contributed by atoms with Crippen LogP contribution < -0.4 is 10.2 Å². The average Bonchev–Trinajstić information content (AvgIpc) is 2.93. The molecule has 0 aliphatic carbocycles. The number of allylic oxidation sites excluding steroid dienone is 2. The van der Waals surface area contributed by atoms with Gasteiger partial charge in [0.25, 0.3) is 0 Å². The number of hydrogen-bond donors (Lipinski definition) is 0. The number of carboxylic acids is 2. The molecule has 0 atom stereocenters. The van der Waals surface area contributed by atoms with Crippen molar-refractivity contribution in [3.05, 3.63) is 24.3 Å². The largest absolute Gasteiger partial charge is 2.00 e. The van der Waals surface area contributed by atoms with Crippen LogP contribution in [0.3, 0.4) is 0 Å². The van der Waals surface area contributed by atoms with Gasteiger partial charge in [-0.3, -0.25) is 0 Å². The number of carbonyl (C=O) groups is 2. The molecule has 0 spiro atoms. The molecule has 0 bridgehead atoms. The molecule has 0 heterocycles. The van der Waals surface area contributed by atoms with Crippen LogP contribution in [0.1, 0.15) is 194 Å². The molecular weight excluding hydrogens is 560 g/mol. The van der Waals surface area contributed by atoms with E-state index in [0.29, 0.717) is 0 Å². The molecule has 41 heavy (non-hydrogen) atoms. The van der Waals surface area contributed by atoms with Crippen LogP contribution in [0.25, 0.3) is 0 Å². The van der Waals surface area contributed by atoms with E-state index in [1.165, 1.54) is 154 Å². The molecule has 0 aromatic carbocycles. The molecule has 5 heteroatoms. The van der Waals surface area contributed by atoms with E-state index < -0.39 is 11.9 Å². The van der Waals surface area contributed by atoms with E-state index in [1.807, 2.05) is 0 Å². The van der Waals surface area contributed by atoms with Crippen molar-refractivity contribution in [2.75, 3.05) is 0 Å². The van der Waals surface area contributed by atoms with Crippen molar-refractivity contribution in [1.82, 2.24) is 0 Å². The number of unbranched alkanes of at least 4 members (excludes halogenated alkanes) is 26. The van der Waals surface area contributed by atoms with Crippen molar-refractivity contribution < 1.29 is 36.9 Å². The summed E-state index contributed by atoms with van der Waals surface area (Å²) in [6.45, 7) is 4.53. The predicted octanol–water partition coefficient (Wildman–Crippen LogP) is 9.55. The monoisotopic (exact) mass is 625 g/mol. The smallest absolute Gasteiger partial charge is 0.545 e. The Balaban J connectivity index is -0.000000688. The summed E-state index contributed by atoms with van der Waals surface area (Å²) in [6, 6.07) is 0. The third-order valence-corrected chi connectivity index (χ3v) is 7.46. The molecule has 0 aromatic rings. The summed E-state index contributed by atoms with van der Waals surface area (Å²) >= 11 is 0. The SMILES string of the molecule is CCCCCCCCCCCCCCCC=CC(=O)[O-].CCCCCCCCCCCCCCCC=CC(=O)[O-].[Cu+2]. The Morgan fingerprint density at radius 2 is 0.585 bits per heavy atom. The van der Waals surface area contributed by atoms with Gasteiger partial charge in [0.05, 0.1) is 11.9 Å². The zero-order chi connectivity index (χ0) is 29.8. The minimum absolute atomic E-state index is 0. The summed E-state index contributed by atoms with van der Waals surface area (Å²) in [4.78, 5) is 20.3. The second kappa shape index (κ2) is 41.1. The minimum Gasteiger partial charge on any atom is -0.545 e. The zero-order valence-corrected chi connectivity index (χ0v) is 28.0. The summed E-state index contributed by atoms with van der Waals surface area (Å²) in [7, 11) is 0. The van der Waals surface area contributed by atoms with E-state index in [4.69, 9.17) is 0 Å². The second-order valence-corrected chi connectivity index (χ2v) is 11.5. The Morgan fingerprint density at radius 1 is 0.390 bits per heavy atom. The molecule has 245 valence electrons. The van der Waals surface area contributed by atoms with Crippen molar-refractivity contribution in [2.24, 2.45) is 0 Å². The van der Waals surface area contributed by atoms with Gasteiger partial charge in [-0.2, -0.15) is 0 Å². The van der Waals surface area contributed by atoms with Gasteiger partial charge in [-0.1, -0.05) is 180 Å². The van der Waals surface area contributed by atoms with Crippen LogP contribution in [0.2, 0.25) is 0 Å². The summed E-state index contributed by atoms with van der Waals surface area (Å²) in [5.41, 5.74) is 0. The third-order valence-electron chi connectivity index (χ3n) is 7.46. The van der Waals surface area contributed by atoms with Gasteiger partial charge in [0.15, 0.2) is 0 Å². The first-order chi connectivity index (χ1) is 19.5. The molecule has 1 radical (unpaired) electrons. The second-order valence-electron chi connectivity index (χ2n) is 11.5. The molecule has 0 aromatic heterocycles. The van der Waals surface area contributed by atoms with Crippen molar-refractivity contribution in [3.8, 4) is 0 Å². The van der Waals surface area contributed by atoms with E-state index in [1.54, 1.807) is 12.2 Å². The maximum Gasteiger partial charge on any atom is 2.00 e. The van der Waals surface area contributed by atoms with Crippen LogP contribution in [0.15, 0.2) is 24.3 Å². The van der Waals surface area contributed by atoms with Crippen LogP contribution in [0.4, 0.5) is 0 Å². The normalized spacial score (nSPS) is 11.0. The maximum absolute atomic E-state index is 10.1. The first-order valence-corrected chi connectivity index (χ1v) is 17.3. The van der Waals surface area contributed by atoms with E-state index in [9.17, 15) is 19.8 Å². The molecular formula is C36H66CuO4.